The Kier molecular flexibility index (Phi) is 6.35. The van der Waals surface area contributed by atoms with Crippen molar-refractivity contribution < 1.29 is 14.3 Å². The number of rotatable bonds is 3. The third-order valence-electron chi connectivity index (χ3n) is 5.46. The molecular weight excluding hydrogens is 314 g/mol. The Balaban J connectivity index is 1.79. The average molecular weight is 352 g/mol. The number of ketones is 1. The predicted octanol–water partition coefficient (Wildman–Crippen LogP) is 4.21. The van der Waals surface area contributed by atoms with Crippen LogP contribution in [-0.4, -0.2) is 41.4 Å². The molecule has 4 nitrogen and oxygen atoms in total. The molecule has 1 saturated heterocycles. The third kappa shape index (κ3) is 5.80. The molecule has 1 aliphatic heterocycles. The van der Waals surface area contributed by atoms with Gasteiger partial charge in [-0.1, -0.05) is 20.8 Å². The van der Waals surface area contributed by atoms with E-state index in [2.05, 4.69) is 20.8 Å². The zero-order valence-corrected chi connectivity index (χ0v) is 17.1. The standard InChI is InChI=1S/C21H37NO3/c1-20(2,3)18(23)15-11-13-22(14-12-15)19(24)16-7-9-17(10-8-16)25-21(4,5)6/h15-17H,7-14H2,1-6H3. The van der Waals surface area contributed by atoms with Crippen molar-refractivity contribution in [3.8, 4) is 0 Å². The van der Waals surface area contributed by atoms with Gasteiger partial charge in [-0.15, -0.1) is 0 Å². The first kappa shape index (κ1) is 20.4. The second-order valence-corrected chi connectivity index (χ2v) is 9.92. The summed E-state index contributed by atoms with van der Waals surface area (Å²) in [6, 6.07) is 0. The van der Waals surface area contributed by atoms with Crippen LogP contribution in [0.5, 0.6) is 0 Å². The fourth-order valence-electron chi connectivity index (χ4n) is 4.16. The van der Waals surface area contributed by atoms with Crippen molar-refractivity contribution in [2.75, 3.05) is 13.1 Å². The Morgan fingerprint density at radius 2 is 1.32 bits per heavy atom. The molecule has 1 saturated carbocycles. The first-order valence-electron chi connectivity index (χ1n) is 9.98. The molecule has 0 spiro atoms. The number of carbonyl (C=O) groups excluding carboxylic acids is 2. The minimum atomic E-state index is -0.276. The molecule has 0 unspecified atom stereocenters. The number of likely N-dealkylation sites (tertiary alicyclic amines) is 1. The van der Waals surface area contributed by atoms with Crippen LogP contribution >= 0.6 is 0 Å². The summed E-state index contributed by atoms with van der Waals surface area (Å²) >= 11 is 0. The zero-order chi connectivity index (χ0) is 18.8. The highest BCUT2D eigenvalue weighted by atomic mass is 16.5. The number of amides is 1. The van der Waals surface area contributed by atoms with Gasteiger partial charge in [-0.2, -0.15) is 0 Å². The van der Waals surface area contributed by atoms with Gasteiger partial charge in [0.05, 0.1) is 11.7 Å². The number of carbonyl (C=O) groups is 2. The minimum absolute atomic E-state index is 0.108. The summed E-state index contributed by atoms with van der Waals surface area (Å²) in [7, 11) is 0. The van der Waals surface area contributed by atoms with Gasteiger partial charge >= 0.3 is 0 Å². The third-order valence-corrected chi connectivity index (χ3v) is 5.46. The summed E-state index contributed by atoms with van der Waals surface area (Å²) in [6.07, 6.45) is 5.76. The highest BCUT2D eigenvalue weighted by Crippen LogP contribution is 2.32. The van der Waals surface area contributed by atoms with Crippen LogP contribution < -0.4 is 0 Å². The molecule has 0 N–H and O–H groups in total. The van der Waals surface area contributed by atoms with Crippen molar-refractivity contribution in [1.82, 2.24) is 4.90 Å². The molecule has 1 aliphatic carbocycles. The summed E-state index contributed by atoms with van der Waals surface area (Å²) in [5.74, 6) is 0.921. The summed E-state index contributed by atoms with van der Waals surface area (Å²) in [4.78, 5) is 27.3. The second-order valence-electron chi connectivity index (χ2n) is 9.92. The van der Waals surface area contributed by atoms with E-state index in [1.165, 1.54) is 0 Å². The van der Waals surface area contributed by atoms with Crippen molar-refractivity contribution >= 4 is 11.7 Å². The van der Waals surface area contributed by atoms with Crippen molar-refractivity contribution in [3.05, 3.63) is 0 Å². The molecule has 1 amide bonds. The van der Waals surface area contributed by atoms with Gasteiger partial charge in [-0.05, 0) is 59.3 Å². The van der Waals surface area contributed by atoms with Gasteiger partial charge in [-0.25, -0.2) is 0 Å². The summed E-state index contributed by atoms with van der Waals surface area (Å²) in [5, 5.41) is 0. The molecule has 2 aliphatic rings. The van der Waals surface area contributed by atoms with Gasteiger partial charge in [0, 0.05) is 30.3 Å². The molecule has 25 heavy (non-hydrogen) atoms. The molecule has 0 aromatic rings. The topological polar surface area (TPSA) is 46.6 Å². The highest BCUT2D eigenvalue weighted by Gasteiger charge is 2.36. The second kappa shape index (κ2) is 7.77. The first-order chi connectivity index (χ1) is 11.5. The summed E-state index contributed by atoms with van der Waals surface area (Å²) < 4.78 is 6.06. The van der Waals surface area contributed by atoms with Gasteiger partial charge in [-0.3, -0.25) is 9.59 Å². The van der Waals surface area contributed by atoms with Crippen LogP contribution in [0.4, 0.5) is 0 Å². The van der Waals surface area contributed by atoms with Crippen molar-refractivity contribution in [2.24, 2.45) is 17.3 Å². The molecular formula is C21H37NO3. The monoisotopic (exact) mass is 351 g/mol. The van der Waals surface area contributed by atoms with Gasteiger partial charge in [0.1, 0.15) is 5.78 Å². The smallest absolute Gasteiger partial charge is 0.225 e. The Hall–Kier alpha value is -0.900. The maximum Gasteiger partial charge on any atom is 0.225 e. The molecule has 0 bridgehead atoms. The largest absolute Gasteiger partial charge is 0.373 e. The molecule has 0 aromatic heterocycles. The van der Waals surface area contributed by atoms with E-state index in [0.717, 1.165) is 51.6 Å². The molecule has 1 heterocycles. The van der Waals surface area contributed by atoms with Gasteiger partial charge < -0.3 is 9.64 Å². The van der Waals surface area contributed by atoms with Crippen LogP contribution in [0.25, 0.3) is 0 Å². The van der Waals surface area contributed by atoms with Crippen LogP contribution in [0.2, 0.25) is 0 Å². The maximum absolute atomic E-state index is 12.8. The Bertz CT molecular complexity index is 470. The fraction of sp³-hybridized carbons (Fsp3) is 0.905. The van der Waals surface area contributed by atoms with Gasteiger partial charge in [0.2, 0.25) is 5.91 Å². The lowest BCUT2D eigenvalue weighted by Gasteiger charge is -2.38. The minimum Gasteiger partial charge on any atom is -0.373 e. The average Bonchev–Trinajstić information content (AvgIpc) is 2.52. The van der Waals surface area contributed by atoms with E-state index >= 15 is 0 Å². The molecule has 0 radical (unpaired) electrons. The highest BCUT2D eigenvalue weighted by molar-refractivity contribution is 5.86. The van der Waals surface area contributed by atoms with Crippen LogP contribution in [0.3, 0.4) is 0 Å². The summed E-state index contributed by atoms with van der Waals surface area (Å²) in [6.45, 7) is 13.7. The number of hydrogen-bond donors (Lipinski definition) is 0. The van der Waals surface area contributed by atoms with E-state index in [-0.39, 0.29) is 22.9 Å². The van der Waals surface area contributed by atoms with E-state index in [4.69, 9.17) is 4.74 Å². The van der Waals surface area contributed by atoms with Crippen LogP contribution in [0.15, 0.2) is 0 Å². The number of Topliss-reactive ketones (excluding diaryl/α,β-unsaturated/α-hetero) is 1. The fourth-order valence-corrected chi connectivity index (χ4v) is 4.16. The SMILES string of the molecule is CC(C)(C)OC1CCC(C(=O)N2CCC(C(=O)C(C)(C)C)CC2)CC1. The van der Waals surface area contributed by atoms with Crippen LogP contribution in [0.1, 0.15) is 80.1 Å². The molecule has 2 rings (SSSR count). The Morgan fingerprint density at radius 1 is 0.800 bits per heavy atom. The van der Waals surface area contributed by atoms with Crippen LogP contribution in [-0.2, 0) is 14.3 Å². The lowest BCUT2D eigenvalue weighted by molar-refractivity contribution is -0.143. The normalized spacial score (nSPS) is 26.6. The summed E-state index contributed by atoms with van der Waals surface area (Å²) in [5.41, 5.74) is -0.384. The number of ether oxygens (including phenoxy) is 1. The number of nitrogens with zero attached hydrogens (tertiary/aromatic N) is 1. The van der Waals surface area contributed by atoms with E-state index in [1.807, 2.05) is 25.7 Å². The quantitative estimate of drug-likeness (QED) is 0.765. The van der Waals surface area contributed by atoms with Gasteiger partial charge in [0.15, 0.2) is 0 Å². The molecule has 0 atom stereocenters. The van der Waals surface area contributed by atoms with Crippen LogP contribution in [0, 0.1) is 17.3 Å². The van der Waals surface area contributed by atoms with Crippen molar-refractivity contribution in [3.63, 3.8) is 0 Å². The van der Waals surface area contributed by atoms with Gasteiger partial charge in [0.25, 0.3) is 0 Å². The van der Waals surface area contributed by atoms with E-state index in [0.29, 0.717) is 17.8 Å². The predicted molar refractivity (Wildman–Crippen MR) is 100 cm³/mol. The first-order valence-corrected chi connectivity index (χ1v) is 9.98. The Morgan fingerprint density at radius 3 is 1.76 bits per heavy atom. The van der Waals surface area contributed by atoms with Crippen molar-refractivity contribution in [2.45, 2.75) is 91.8 Å². The zero-order valence-electron chi connectivity index (χ0n) is 17.1. The lowest BCUT2D eigenvalue weighted by atomic mass is 9.78. The van der Waals surface area contributed by atoms with E-state index in [1.54, 1.807) is 0 Å². The number of piperidine rings is 1. The Labute approximate surface area is 153 Å². The van der Waals surface area contributed by atoms with E-state index in [9.17, 15) is 9.59 Å². The molecule has 2 fully saturated rings. The number of hydrogen-bond acceptors (Lipinski definition) is 3. The van der Waals surface area contributed by atoms with E-state index < -0.39 is 0 Å². The maximum atomic E-state index is 12.8. The molecule has 0 aromatic carbocycles. The molecule has 144 valence electrons. The van der Waals surface area contributed by atoms with Crippen molar-refractivity contribution in [1.29, 1.82) is 0 Å². The molecule has 4 heteroatoms. The lowest BCUT2D eigenvalue weighted by Crippen LogP contribution is -2.45.